The summed E-state index contributed by atoms with van der Waals surface area (Å²) in [7, 11) is -10.1. The van der Waals surface area contributed by atoms with Crippen molar-refractivity contribution < 1.29 is 18.1 Å². The first-order valence-electron chi connectivity index (χ1n) is 12.6. The molecule has 0 fully saturated rings. The summed E-state index contributed by atoms with van der Waals surface area (Å²) in [4.78, 5) is 6.61. The van der Waals surface area contributed by atoms with Gasteiger partial charge < -0.3 is 0 Å². The molecule has 4 aromatic carbocycles. The number of aryl methyl sites for hydroxylation is 4. The van der Waals surface area contributed by atoms with Gasteiger partial charge in [0.15, 0.2) is 23.0 Å². The van der Waals surface area contributed by atoms with Crippen molar-refractivity contribution in [3.05, 3.63) is 119 Å². The van der Waals surface area contributed by atoms with E-state index in [1.54, 1.807) is 0 Å². The van der Waals surface area contributed by atoms with Crippen LogP contribution in [0.5, 0.6) is 23.0 Å². The van der Waals surface area contributed by atoms with Crippen molar-refractivity contribution >= 4 is 23.5 Å². The molecular formula is C28H34N5O4P3+2. The predicted octanol–water partition coefficient (Wildman–Crippen LogP) is 7.95. The minimum Gasteiger partial charge on any atom is -0.270 e. The molecule has 0 saturated heterocycles. The molecule has 0 unspecified atom stereocenters. The van der Waals surface area contributed by atoms with Gasteiger partial charge in [-0.1, -0.05) is 70.8 Å². The molecule has 9 nitrogen and oxygen atoms in total. The summed E-state index contributed by atoms with van der Waals surface area (Å²) < 4.78 is 31.0. The lowest BCUT2D eigenvalue weighted by atomic mass is 10.2. The van der Waals surface area contributed by atoms with Crippen LogP contribution < -0.4 is 38.8 Å². The van der Waals surface area contributed by atoms with E-state index in [4.69, 9.17) is 33.6 Å². The molecule has 5 rings (SSSR count). The van der Waals surface area contributed by atoms with E-state index < -0.39 is 23.5 Å². The maximum absolute atomic E-state index is 6.65. The van der Waals surface area contributed by atoms with Gasteiger partial charge in [0.2, 0.25) is 7.51 Å². The van der Waals surface area contributed by atoms with Crippen LogP contribution in [0.1, 0.15) is 22.3 Å². The number of benzene rings is 4. The Bertz CT molecular complexity index is 1420. The first-order valence-corrected chi connectivity index (χ1v) is 17.7. The van der Waals surface area contributed by atoms with Crippen LogP contribution in [0, 0.1) is 27.7 Å². The van der Waals surface area contributed by atoms with Gasteiger partial charge in [-0.25, -0.2) is 0 Å². The van der Waals surface area contributed by atoms with E-state index in [0.29, 0.717) is 23.0 Å². The number of rotatable bonds is 8. The normalized spacial score (nSPS) is 16.9. The minimum absolute atomic E-state index is 0.535. The molecule has 0 saturated carbocycles. The van der Waals surface area contributed by atoms with Gasteiger partial charge in [-0.15, -0.1) is 0 Å². The molecule has 1 heterocycles. The number of hydrogen-bond acceptors (Lipinski definition) is 9. The second kappa shape index (κ2) is 11.5. The molecular weight excluding hydrogens is 563 g/mol. The molecule has 4 aromatic rings. The van der Waals surface area contributed by atoms with E-state index in [9.17, 15) is 0 Å². The fourth-order valence-electron chi connectivity index (χ4n) is 3.81. The Morgan fingerprint density at radius 3 is 1.15 bits per heavy atom. The summed E-state index contributed by atoms with van der Waals surface area (Å²) in [6.45, 7) is 8.01. The summed E-state index contributed by atoms with van der Waals surface area (Å²) >= 11 is 0. The first kappa shape index (κ1) is 28.5. The maximum atomic E-state index is 6.65. The topological polar surface area (TPSA) is 125 Å². The van der Waals surface area contributed by atoms with Gasteiger partial charge in [-0.05, 0) is 85.6 Å². The van der Waals surface area contributed by atoms with Crippen molar-refractivity contribution in [3.63, 3.8) is 0 Å². The van der Waals surface area contributed by atoms with Crippen LogP contribution in [0.25, 0.3) is 0 Å². The number of nitrogens with one attached hydrogen (secondary N) is 2. The molecule has 0 atom stereocenters. The van der Waals surface area contributed by atoms with E-state index >= 15 is 0 Å². The molecule has 6 N–H and O–H groups in total. The van der Waals surface area contributed by atoms with Gasteiger partial charge in [0, 0.05) is 0 Å². The Balaban J connectivity index is 1.63. The predicted molar refractivity (Wildman–Crippen MR) is 165 cm³/mol. The summed E-state index contributed by atoms with van der Waals surface area (Å²) in [5.41, 5.74) is 17.6. The lowest BCUT2D eigenvalue weighted by molar-refractivity contribution is 0.421. The van der Waals surface area contributed by atoms with Crippen molar-refractivity contribution in [1.82, 2.24) is 9.72 Å². The summed E-state index contributed by atoms with van der Waals surface area (Å²) in [6, 6.07) is 30.4. The Labute approximate surface area is 236 Å². The van der Waals surface area contributed by atoms with Crippen molar-refractivity contribution in [3.8, 4) is 23.0 Å². The molecule has 0 spiro atoms. The molecule has 0 amide bonds. The standard InChI is InChI=1S/C28H34N5O4P3/c1-21-5-13-25(14-6-21)34-39(35-26-15-7-22(2)8-16-26)31-38(29,30)32-40(33-39,36-27-17-9-23(3)10-18-27)37-28-19-11-24(4)12-20-28/h5-20,31,33H,29-30H2,1-4H3/q+2. The Hall–Kier alpha value is -2.99. The third-order valence-corrected chi connectivity index (χ3v) is 14.2. The number of nitrogens with zero attached hydrogens (tertiary/aromatic N) is 1. The molecule has 40 heavy (non-hydrogen) atoms. The van der Waals surface area contributed by atoms with Gasteiger partial charge in [-0.3, -0.25) is 29.1 Å². The quantitative estimate of drug-likeness (QED) is 0.151. The second-order valence-electron chi connectivity index (χ2n) is 9.72. The Morgan fingerprint density at radius 2 is 0.825 bits per heavy atom. The van der Waals surface area contributed by atoms with Gasteiger partial charge in [-0.2, -0.15) is 0 Å². The maximum Gasteiger partial charge on any atom is 0.613 e. The zero-order chi connectivity index (χ0) is 28.4. The van der Waals surface area contributed by atoms with Crippen LogP contribution in [0.4, 0.5) is 0 Å². The minimum atomic E-state index is -3.49. The van der Waals surface area contributed by atoms with E-state index in [0.717, 1.165) is 22.3 Å². The molecule has 12 heteroatoms. The highest BCUT2D eigenvalue weighted by atomic mass is 31.3. The second-order valence-corrected chi connectivity index (χ2v) is 16.4. The summed E-state index contributed by atoms with van der Waals surface area (Å²) in [5, 5.41) is 0. The summed E-state index contributed by atoms with van der Waals surface area (Å²) in [5.74, 6) is 2.18. The van der Waals surface area contributed by atoms with E-state index in [2.05, 4.69) is 9.72 Å². The molecule has 208 valence electrons. The smallest absolute Gasteiger partial charge is 0.270 e. The average molecular weight is 598 g/mol. The van der Waals surface area contributed by atoms with Crippen molar-refractivity contribution in [2.75, 3.05) is 0 Å². The number of nitrogens with two attached hydrogens (primary N) is 2. The molecule has 1 aliphatic rings. The van der Waals surface area contributed by atoms with Crippen molar-refractivity contribution in [1.29, 1.82) is 0 Å². The third-order valence-electron chi connectivity index (χ3n) is 5.83. The molecule has 1 aliphatic heterocycles. The van der Waals surface area contributed by atoms with Crippen LogP contribution in [0.3, 0.4) is 0 Å². The highest BCUT2D eigenvalue weighted by Gasteiger charge is 2.71. The Morgan fingerprint density at radius 1 is 0.525 bits per heavy atom. The van der Waals surface area contributed by atoms with E-state index in [-0.39, 0.29) is 0 Å². The number of hydrogen-bond donors (Lipinski definition) is 4. The SMILES string of the molecule is Cc1ccc(O[P+]2(Oc3ccc(C)cc3)N=P(N)(N)N[P+](Oc3ccc(C)cc3)(Oc3ccc(C)cc3)N2)cc1. The van der Waals surface area contributed by atoms with Gasteiger partial charge >= 0.3 is 16.0 Å². The van der Waals surface area contributed by atoms with Crippen LogP contribution >= 0.6 is 23.5 Å². The largest absolute Gasteiger partial charge is 0.613 e. The van der Waals surface area contributed by atoms with Crippen LogP contribution in [-0.4, -0.2) is 0 Å². The zero-order valence-electron chi connectivity index (χ0n) is 22.8. The average Bonchev–Trinajstić information content (AvgIpc) is 2.89. The molecule has 0 aliphatic carbocycles. The Kier molecular flexibility index (Phi) is 8.19. The van der Waals surface area contributed by atoms with Gasteiger partial charge in [0.1, 0.15) is 4.86 Å². The molecule has 0 aromatic heterocycles. The zero-order valence-corrected chi connectivity index (χ0v) is 25.5. The third kappa shape index (κ3) is 7.20. The van der Waals surface area contributed by atoms with Crippen molar-refractivity contribution in [2.24, 2.45) is 15.5 Å². The van der Waals surface area contributed by atoms with Crippen LogP contribution in [0.15, 0.2) is 102 Å². The van der Waals surface area contributed by atoms with Crippen LogP contribution in [-0.2, 0) is 0 Å². The van der Waals surface area contributed by atoms with Gasteiger partial charge in [0.25, 0.3) is 0 Å². The summed E-state index contributed by atoms with van der Waals surface area (Å²) in [6.07, 6.45) is 0. The van der Waals surface area contributed by atoms with Crippen molar-refractivity contribution in [2.45, 2.75) is 27.7 Å². The lowest BCUT2D eigenvalue weighted by Gasteiger charge is -2.31. The van der Waals surface area contributed by atoms with Crippen LogP contribution in [0.2, 0.25) is 0 Å². The fraction of sp³-hybridized carbons (Fsp3) is 0.143. The molecule has 0 radical (unpaired) electrons. The van der Waals surface area contributed by atoms with Gasteiger partial charge in [0.05, 0.1) is 0 Å². The molecule has 0 bridgehead atoms. The monoisotopic (exact) mass is 597 g/mol. The lowest BCUT2D eigenvalue weighted by Crippen LogP contribution is -2.42. The fourth-order valence-corrected chi connectivity index (χ4v) is 13.0. The highest BCUT2D eigenvalue weighted by molar-refractivity contribution is 7.90. The van der Waals surface area contributed by atoms with E-state index in [1.165, 1.54) is 0 Å². The first-order chi connectivity index (χ1) is 19.0. The highest BCUT2D eigenvalue weighted by Crippen LogP contribution is 2.76. The van der Waals surface area contributed by atoms with E-state index in [1.807, 2.05) is 125 Å².